The van der Waals surface area contributed by atoms with Crippen LogP contribution in [0.2, 0.25) is 0 Å². The molecule has 0 saturated carbocycles. The molecule has 28 heavy (non-hydrogen) atoms. The smallest absolute Gasteiger partial charge is 0.224 e. The monoisotopic (exact) mass is 382 g/mol. The number of nitrogens with zero attached hydrogens (tertiary/aromatic N) is 5. The Morgan fingerprint density at radius 1 is 1.36 bits per heavy atom. The predicted molar refractivity (Wildman–Crippen MR) is 106 cm³/mol. The Hall–Kier alpha value is -2.28. The molecule has 3 saturated heterocycles. The average molecular weight is 383 g/mol. The van der Waals surface area contributed by atoms with E-state index in [2.05, 4.69) is 52.5 Å². The Bertz CT molecular complexity index is 812. The van der Waals surface area contributed by atoms with Gasteiger partial charge in [-0.15, -0.1) is 5.10 Å². The van der Waals surface area contributed by atoms with Crippen molar-refractivity contribution < 1.29 is 4.79 Å². The summed E-state index contributed by atoms with van der Waals surface area (Å²) < 4.78 is 1.98. The summed E-state index contributed by atoms with van der Waals surface area (Å²) >= 11 is 0. The second-order valence-electron chi connectivity index (χ2n) is 9.19. The Labute approximate surface area is 166 Å². The van der Waals surface area contributed by atoms with Crippen LogP contribution < -0.4 is 5.32 Å². The first kappa shape index (κ1) is 19.1. The van der Waals surface area contributed by atoms with Crippen LogP contribution in [-0.4, -0.2) is 49.9 Å². The molecule has 4 atom stereocenters. The van der Waals surface area contributed by atoms with E-state index in [0.717, 1.165) is 43.7 Å². The molecule has 0 aliphatic carbocycles. The fourth-order valence-corrected chi connectivity index (χ4v) is 4.40. The number of rotatable bonds is 5. The van der Waals surface area contributed by atoms with E-state index in [1.165, 1.54) is 0 Å². The molecule has 1 N–H and O–H groups in total. The third kappa shape index (κ3) is 4.09. The van der Waals surface area contributed by atoms with Crippen molar-refractivity contribution in [1.82, 2.24) is 30.2 Å². The molecule has 0 spiro atoms. The number of hydrogen-bond acceptors (Lipinski definition) is 5. The lowest BCUT2D eigenvalue weighted by atomic mass is 9.75. The van der Waals surface area contributed by atoms with Crippen LogP contribution in [0, 0.1) is 11.8 Å². The molecule has 3 fully saturated rings. The summed E-state index contributed by atoms with van der Waals surface area (Å²) in [5, 5.41) is 11.8. The molecule has 3 aliphatic heterocycles. The highest BCUT2D eigenvalue weighted by atomic mass is 16.1. The van der Waals surface area contributed by atoms with Gasteiger partial charge in [-0.25, -0.2) is 0 Å². The van der Waals surface area contributed by atoms with Gasteiger partial charge in [0, 0.05) is 43.1 Å². The van der Waals surface area contributed by atoms with Crippen LogP contribution >= 0.6 is 0 Å². The maximum Gasteiger partial charge on any atom is 0.224 e. The highest BCUT2D eigenvalue weighted by Gasteiger charge is 2.43. The molecule has 1 amide bonds. The average Bonchev–Trinajstić information content (AvgIpc) is 3.16. The standard InChI is InChI=1S/C21H30N6O/c1-21(2,3)19-14-27(25-24-19)12-17-9-16-6-8-26(17)13-18(16)20(28)23-11-15-5-4-7-22-10-15/h4-5,7,10,14,16-18H,6,8-9,11-13H2,1-3H3,(H,23,28)/t16-,17-,18+/m1/s1. The summed E-state index contributed by atoms with van der Waals surface area (Å²) in [5.41, 5.74) is 2.08. The van der Waals surface area contributed by atoms with Gasteiger partial charge in [-0.05, 0) is 36.9 Å². The van der Waals surface area contributed by atoms with E-state index in [0.29, 0.717) is 18.5 Å². The molecular formula is C21H30N6O. The van der Waals surface area contributed by atoms with Gasteiger partial charge in [0.25, 0.3) is 0 Å². The summed E-state index contributed by atoms with van der Waals surface area (Å²) in [6.07, 6.45) is 7.78. The summed E-state index contributed by atoms with van der Waals surface area (Å²) in [6, 6.07) is 4.33. The Morgan fingerprint density at radius 2 is 2.21 bits per heavy atom. The van der Waals surface area contributed by atoms with Gasteiger partial charge < -0.3 is 5.32 Å². The summed E-state index contributed by atoms with van der Waals surface area (Å²) in [4.78, 5) is 19.3. The molecule has 7 heteroatoms. The SMILES string of the molecule is CC(C)(C)c1cn(C[C@H]2C[C@H]3CCN2C[C@@H]3C(=O)NCc2cccnc2)nn1. The lowest BCUT2D eigenvalue weighted by molar-refractivity contribution is -0.133. The number of hydrogen-bond donors (Lipinski definition) is 1. The first-order valence-corrected chi connectivity index (χ1v) is 10.2. The van der Waals surface area contributed by atoms with Gasteiger partial charge in [-0.1, -0.05) is 32.1 Å². The van der Waals surface area contributed by atoms with E-state index in [9.17, 15) is 4.79 Å². The van der Waals surface area contributed by atoms with Gasteiger partial charge in [-0.2, -0.15) is 0 Å². The number of carbonyl (C=O) groups excluding carboxylic acids is 1. The number of piperidine rings is 3. The first-order chi connectivity index (χ1) is 13.4. The minimum Gasteiger partial charge on any atom is -0.352 e. The van der Waals surface area contributed by atoms with Crippen LogP contribution in [-0.2, 0) is 23.3 Å². The summed E-state index contributed by atoms with van der Waals surface area (Å²) in [5.74, 6) is 0.713. The van der Waals surface area contributed by atoms with Crippen molar-refractivity contribution in [1.29, 1.82) is 0 Å². The van der Waals surface area contributed by atoms with Crippen molar-refractivity contribution >= 4 is 5.91 Å². The number of nitrogens with one attached hydrogen (secondary N) is 1. The van der Waals surface area contributed by atoms with Gasteiger partial charge in [0.2, 0.25) is 5.91 Å². The topological polar surface area (TPSA) is 75.9 Å². The molecule has 2 aromatic heterocycles. The molecule has 2 bridgehead atoms. The van der Waals surface area contributed by atoms with Crippen molar-refractivity contribution in [3.63, 3.8) is 0 Å². The summed E-state index contributed by atoms with van der Waals surface area (Å²) in [6.45, 7) is 9.78. The molecule has 7 nitrogen and oxygen atoms in total. The molecule has 2 aromatic rings. The van der Waals surface area contributed by atoms with Gasteiger partial charge in [0.15, 0.2) is 0 Å². The third-order valence-electron chi connectivity index (χ3n) is 6.11. The molecule has 0 radical (unpaired) electrons. The number of aromatic nitrogens is 4. The molecule has 3 aliphatic rings. The minimum atomic E-state index is 0.0154. The first-order valence-electron chi connectivity index (χ1n) is 10.2. The van der Waals surface area contributed by atoms with E-state index < -0.39 is 0 Å². The zero-order chi connectivity index (χ0) is 19.7. The lowest BCUT2D eigenvalue weighted by Gasteiger charge is -2.49. The highest BCUT2D eigenvalue weighted by molar-refractivity contribution is 5.79. The normalized spacial score (nSPS) is 27.0. The fourth-order valence-electron chi connectivity index (χ4n) is 4.40. The zero-order valence-electron chi connectivity index (χ0n) is 17.0. The van der Waals surface area contributed by atoms with Crippen LogP contribution in [0.3, 0.4) is 0 Å². The van der Waals surface area contributed by atoms with Crippen LogP contribution in [0.25, 0.3) is 0 Å². The zero-order valence-corrected chi connectivity index (χ0v) is 17.0. The number of carbonyl (C=O) groups is 1. The highest BCUT2D eigenvalue weighted by Crippen LogP contribution is 2.37. The van der Waals surface area contributed by atoms with Crippen molar-refractivity contribution in [2.24, 2.45) is 11.8 Å². The number of amides is 1. The predicted octanol–water partition coefficient (Wildman–Crippen LogP) is 2.00. The van der Waals surface area contributed by atoms with Crippen molar-refractivity contribution in [3.05, 3.63) is 42.0 Å². The van der Waals surface area contributed by atoms with E-state index in [4.69, 9.17) is 0 Å². The van der Waals surface area contributed by atoms with Gasteiger partial charge in [-0.3, -0.25) is 19.4 Å². The second-order valence-corrected chi connectivity index (χ2v) is 9.19. The number of fused-ring (bicyclic) bond motifs is 3. The van der Waals surface area contributed by atoms with Crippen LogP contribution in [0.5, 0.6) is 0 Å². The largest absolute Gasteiger partial charge is 0.352 e. The molecule has 1 unspecified atom stereocenters. The maximum absolute atomic E-state index is 12.8. The minimum absolute atomic E-state index is 0.0154. The van der Waals surface area contributed by atoms with Crippen molar-refractivity contribution in [2.75, 3.05) is 13.1 Å². The molecule has 150 valence electrons. The number of pyridine rings is 1. The molecule has 0 aromatic carbocycles. The van der Waals surface area contributed by atoms with E-state index in [1.807, 2.05) is 16.8 Å². The van der Waals surface area contributed by atoms with E-state index in [1.54, 1.807) is 12.4 Å². The molecular weight excluding hydrogens is 352 g/mol. The molecule has 5 heterocycles. The Balaban J connectivity index is 1.34. The van der Waals surface area contributed by atoms with Gasteiger partial charge in [0.05, 0.1) is 18.2 Å². The van der Waals surface area contributed by atoms with Crippen LogP contribution in [0.15, 0.2) is 30.7 Å². The Morgan fingerprint density at radius 3 is 2.86 bits per heavy atom. The quantitative estimate of drug-likeness (QED) is 0.856. The van der Waals surface area contributed by atoms with E-state index in [-0.39, 0.29) is 17.2 Å². The third-order valence-corrected chi connectivity index (χ3v) is 6.11. The summed E-state index contributed by atoms with van der Waals surface area (Å²) in [7, 11) is 0. The van der Waals surface area contributed by atoms with Crippen LogP contribution in [0.1, 0.15) is 44.9 Å². The fraction of sp³-hybridized carbons (Fsp3) is 0.619. The van der Waals surface area contributed by atoms with Gasteiger partial charge >= 0.3 is 0 Å². The van der Waals surface area contributed by atoms with Crippen molar-refractivity contribution in [2.45, 2.75) is 58.2 Å². The van der Waals surface area contributed by atoms with Crippen LogP contribution in [0.4, 0.5) is 0 Å². The second kappa shape index (κ2) is 7.62. The lowest BCUT2D eigenvalue weighted by Crippen LogP contribution is -2.58. The Kier molecular flexibility index (Phi) is 5.19. The van der Waals surface area contributed by atoms with Gasteiger partial charge in [0.1, 0.15) is 0 Å². The van der Waals surface area contributed by atoms with E-state index >= 15 is 0 Å². The maximum atomic E-state index is 12.8. The van der Waals surface area contributed by atoms with Crippen molar-refractivity contribution in [3.8, 4) is 0 Å². The molecule has 5 rings (SSSR count).